The molecule has 2 heterocycles. The summed E-state index contributed by atoms with van der Waals surface area (Å²) in [6.45, 7) is 0.652. The molecule has 1 fully saturated rings. The van der Waals surface area contributed by atoms with Gasteiger partial charge in [-0.25, -0.2) is 4.98 Å². The van der Waals surface area contributed by atoms with Crippen LogP contribution in [0.1, 0.15) is 12.8 Å². The van der Waals surface area contributed by atoms with Crippen molar-refractivity contribution in [1.29, 1.82) is 0 Å². The molecule has 17 heavy (non-hydrogen) atoms. The number of rotatable bonds is 1. The highest BCUT2D eigenvalue weighted by molar-refractivity contribution is 9.10. The molecule has 6 heteroatoms. The lowest BCUT2D eigenvalue weighted by molar-refractivity contribution is -0.176. The average molecular weight is 309 g/mol. The van der Waals surface area contributed by atoms with Gasteiger partial charge in [0.05, 0.1) is 5.92 Å². The lowest BCUT2D eigenvalue weighted by Gasteiger charge is -2.34. The topological polar surface area (TPSA) is 16.1 Å². The van der Waals surface area contributed by atoms with Crippen molar-refractivity contribution in [3.63, 3.8) is 0 Å². The number of hydrogen-bond acceptors (Lipinski definition) is 2. The molecule has 0 aromatic carbocycles. The summed E-state index contributed by atoms with van der Waals surface area (Å²) in [6, 6.07) is 3.53. The van der Waals surface area contributed by atoms with Crippen LogP contribution in [0.4, 0.5) is 19.0 Å². The maximum atomic E-state index is 12.6. The molecule has 0 aliphatic carbocycles. The summed E-state index contributed by atoms with van der Waals surface area (Å²) in [6.07, 6.45) is -1.72. The summed E-state index contributed by atoms with van der Waals surface area (Å²) in [5.41, 5.74) is 0. The number of hydrogen-bond donors (Lipinski definition) is 0. The van der Waals surface area contributed by atoms with Crippen molar-refractivity contribution >= 4 is 21.7 Å². The highest BCUT2D eigenvalue weighted by atomic mass is 79.9. The Bertz CT molecular complexity index is 377. The van der Waals surface area contributed by atoms with Crippen LogP contribution in [0.3, 0.4) is 0 Å². The smallest absolute Gasteiger partial charge is 0.356 e. The average Bonchev–Trinajstić information content (AvgIpc) is 2.29. The Kier molecular flexibility index (Phi) is 3.61. The standard InChI is InChI=1S/C11H12BrF3N2/c12-9-3-4-10(16-6-9)17-5-1-2-8(7-17)11(13,14)15/h3-4,6,8H,1-2,5,7H2. The van der Waals surface area contributed by atoms with E-state index in [1.807, 2.05) is 0 Å². The molecule has 0 amide bonds. The van der Waals surface area contributed by atoms with E-state index in [1.54, 1.807) is 23.2 Å². The highest BCUT2D eigenvalue weighted by Gasteiger charge is 2.41. The molecule has 0 radical (unpaired) electrons. The molecule has 1 aromatic heterocycles. The number of piperidine rings is 1. The zero-order chi connectivity index (χ0) is 12.5. The van der Waals surface area contributed by atoms with Crippen molar-refractivity contribution in [2.24, 2.45) is 5.92 Å². The number of anilines is 1. The van der Waals surface area contributed by atoms with Crippen molar-refractivity contribution in [2.75, 3.05) is 18.0 Å². The van der Waals surface area contributed by atoms with Crippen LogP contribution >= 0.6 is 15.9 Å². The third-order valence-corrected chi connectivity index (χ3v) is 3.39. The molecule has 1 saturated heterocycles. The van der Waals surface area contributed by atoms with Gasteiger partial charge in [-0.15, -0.1) is 0 Å². The van der Waals surface area contributed by atoms with E-state index in [0.29, 0.717) is 18.8 Å². The van der Waals surface area contributed by atoms with Crippen molar-refractivity contribution in [3.05, 3.63) is 22.8 Å². The van der Waals surface area contributed by atoms with Crippen LogP contribution in [-0.2, 0) is 0 Å². The van der Waals surface area contributed by atoms with Gasteiger partial charge in [0.2, 0.25) is 0 Å². The molecule has 94 valence electrons. The summed E-state index contributed by atoms with van der Waals surface area (Å²) in [5.74, 6) is -0.621. The Morgan fingerprint density at radius 3 is 2.71 bits per heavy atom. The summed E-state index contributed by atoms with van der Waals surface area (Å²) in [4.78, 5) is 5.83. The number of alkyl halides is 3. The first kappa shape index (κ1) is 12.7. The molecule has 1 aromatic rings. The van der Waals surface area contributed by atoms with E-state index >= 15 is 0 Å². The number of pyridine rings is 1. The van der Waals surface area contributed by atoms with Gasteiger partial charge in [0.25, 0.3) is 0 Å². The van der Waals surface area contributed by atoms with Gasteiger partial charge in [0, 0.05) is 23.8 Å². The number of halogens is 4. The molecule has 0 saturated carbocycles. The molecule has 2 rings (SSSR count). The second-order valence-corrected chi connectivity index (χ2v) is 5.08. The normalized spacial score (nSPS) is 21.6. The molecule has 0 bridgehead atoms. The lowest BCUT2D eigenvalue weighted by Crippen LogP contribution is -2.42. The molecule has 0 N–H and O–H groups in total. The van der Waals surface area contributed by atoms with Gasteiger partial charge in [0.15, 0.2) is 0 Å². The fraction of sp³-hybridized carbons (Fsp3) is 0.545. The largest absolute Gasteiger partial charge is 0.393 e. The predicted octanol–water partition coefficient (Wildman–Crippen LogP) is 3.62. The molecule has 0 spiro atoms. The zero-order valence-corrected chi connectivity index (χ0v) is 10.6. The fourth-order valence-electron chi connectivity index (χ4n) is 2.01. The van der Waals surface area contributed by atoms with Gasteiger partial charge in [0.1, 0.15) is 5.82 Å². The summed E-state index contributed by atoms with van der Waals surface area (Å²) in [5, 5.41) is 0. The molecule has 2 nitrogen and oxygen atoms in total. The first-order valence-electron chi connectivity index (χ1n) is 5.40. The SMILES string of the molecule is FC(F)(F)C1CCCN(c2ccc(Br)cn2)C1. The van der Waals surface area contributed by atoms with E-state index in [-0.39, 0.29) is 13.0 Å². The minimum absolute atomic E-state index is 0.0120. The molecule has 1 atom stereocenters. The fourth-order valence-corrected chi connectivity index (χ4v) is 2.24. The molecule has 1 unspecified atom stereocenters. The van der Waals surface area contributed by atoms with Gasteiger partial charge in [-0.2, -0.15) is 13.2 Å². The van der Waals surface area contributed by atoms with Crippen LogP contribution in [0.2, 0.25) is 0 Å². The second kappa shape index (κ2) is 4.84. The van der Waals surface area contributed by atoms with Crippen LogP contribution in [0.25, 0.3) is 0 Å². The maximum Gasteiger partial charge on any atom is 0.393 e. The molecule has 1 aliphatic heterocycles. The number of aromatic nitrogens is 1. The zero-order valence-electron chi connectivity index (χ0n) is 9.04. The van der Waals surface area contributed by atoms with E-state index in [1.165, 1.54) is 0 Å². The molecular weight excluding hydrogens is 297 g/mol. The first-order chi connectivity index (χ1) is 7.97. The van der Waals surface area contributed by atoms with Gasteiger partial charge in [-0.05, 0) is 40.9 Å². The van der Waals surface area contributed by atoms with Crippen LogP contribution in [0.5, 0.6) is 0 Å². The Morgan fingerprint density at radius 1 is 1.35 bits per heavy atom. The Labute approximate surface area is 106 Å². The van der Waals surface area contributed by atoms with Crippen LogP contribution in [0, 0.1) is 5.92 Å². The van der Waals surface area contributed by atoms with Gasteiger partial charge < -0.3 is 4.90 Å². The van der Waals surface area contributed by atoms with E-state index in [9.17, 15) is 13.2 Å². The van der Waals surface area contributed by atoms with E-state index in [2.05, 4.69) is 20.9 Å². The van der Waals surface area contributed by atoms with Crippen molar-refractivity contribution < 1.29 is 13.2 Å². The van der Waals surface area contributed by atoms with E-state index in [0.717, 1.165) is 4.47 Å². The van der Waals surface area contributed by atoms with Crippen LogP contribution in [0.15, 0.2) is 22.8 Å². The third-order valence-electron chi connectivity index (χ3n) is 2.92. The van der Waals surface area contributed by atoms with E-state index in [4.69, 9.17) is 0 Å². The Hall–Kier alpha value is -0.780. The Balaban J connectivity index is 2.09. The summed E-state index contributed by atoms with van der Waals surface area (Å²) < 4.78 is 38.7. The van der Waals surface area contributed by atoms with Gasteiger partial charge >= 0.3 is 6.18 Å². The second-order valence-electron chi connectivity index (χ2n) is 4.16. The number of nitrogens with zero attached hydrogens (tertiary/aromatic N) is 2. The predicted molar refractivity (Wildman–Crippen MR) is 62.9 cm³/mol. The van der Waals surface area contributed by atoms with Gasteiger partial charge in [-0.3, -0.25) is 0 Å². The van der Waals surface area contributed by atoms with Crippen molar-refractivity contribution in [3.8, 4) is 0 Å². The monoisotopic (exact) mass is 308 g/mol. The summed E-state index contributed by atoms with van der Waals surface area (Å²) >= 11 is 3.25. The van der Waals surface area contributed by atoms with Crippen molar-refractivity contribution in [1.82, 2.24) is 4.98 Å². The van der Waals surface area contributed by atoms with E-state index < -0.39 is 12.1 Å². The van der Waals surface area contributed by atoms with Crippen molar-refractivity contribution in [2.45, 2.75) is 19.0 Å². The maximum absolute atomic E-state index is 12.6. The highest BCUT2D eigenvalue weighted by Crippen LogP contribution is 2.34. The molecule has 1 aliphatic rings. The lowest BCUT2D eigenvalue weighted by atomic mass is 9.97. The molecular formula is C11H12BrF3N2. The first-order valence-corrected chi connectivity index (χ1v) is 6.19. The Morgan fingerprint density at radius 2 is 2.12 bits per heavy atom. The van der Waals surface area contributed by atoms with Crippen LogP contribution in [-0.4, -0.2) is 24.2 Å². The summed E-state index contributed by atoms with van der Waals surface area (Å²) in [7, 11) is 0. The van der Waals surface area contributed by atoms with Gasteiger partial charge in [-0.1, -0.05) is 0 Å². The minimum atomic E-state index is -4.10. The quantitative estimate of drug-likeness (QED) is 0.787. The van der Waals surface area contributed by atoms with Crippen LogP contribution < -0.4 is 4.90 Å². The third kappa shape index (κ3) is 3.12. The minimum Gasteiger partial charge on any atom is -0.356 e.